The van der Waals surface area contributed by atoms with E-state index in [0.717, 1.165) is 0 Å². The molecule has 0 radical (unpaired) electrons. The van der Waals surface area contributed by atoms with Crippen LogP contribution in [0.1, 0.15) is 196 Å². The molecule has 0 fully saturated rings. The van der Waals surface area contributed by atoms with Crippen LogP contribution in [-0.4, -0.2) is 22.6 Å². The predicted octanol–water partition coefficient (Wildman–Crippen LogP) is 14.4. The van der Waals surface area contributed by atoms with Crippen molar-refractivity contribution < 1.29 is 0 Å². The predicted molar refractivity (Wildman–Crippen MR) is 185 cm³/mol. The van der Waals surface area contributed by atoms with Crippen molar-refractivity contribution in [1.29, 1.82) is 0 Å². The van der Waals surface area contributed by atoms with Crippen LogP contribution in [0.3, 0.4) is 0 Å². The Morgan fingerprint density at radius 2 is 0.368 bits per heavy atom. The van der Waals surface area contributed by atoms with E-state index in [0.29, 0.717) is 0 Å². The fourth-order valence-corrected chi connectivity index (χ4v) is 75.4. The van der Waals surface area contributed by atoms with Gasteiger partial charge in [0.1, 0.15) is 0 Å². The van der Waals surface area contributed by atoms with Crippen molar-refractivity contribution >= 4 is 22.6 Å². The number of hydrogen-bond acceptors (Lipinski definition) is 0. The molecule has 0 rings (SSSR count). The van der Waals surface area contributed by atoms with Crippen molar-refractivity contribution in [3.05, 3.63) is 0 Å². The Labute approximate surface area is 248 Å². The van der Waals surface area contributed by atoms with E-state index in [9.17, 15) is 0 Å². The molecule has 0 atom stereocenters. The molecule has 0 aromatic heterocycles. The summed E-state index contributed by atoms with van der Waals surface area (Å²) < 4.78 is 0. The molecule has 38 heavy (non-hydrogen) atoms. The van der Waals surface area contributed by atoms with Gasteiger partial charge in [-0.05, 0) is 0 Å². The summed E-state index contributed by atoms with van der Waals surface area (Å²) in [5.41, 5.74) is 0. The first kappa shape index (κ1) is 39.1. The van der Waals surface area contributed by atoms with Crippen LogP contribution in [-0.2, 0) is 0 Å². The Balaban J connectivity index is 6.33. The van der Waals surface area contributed by atoms with Gasteiger partial charge in [0.2, 0.25) is 0 Å². The first-order valence-corrected chi connectivity index (χ1v) is 34.0. The summed E-state index contributed by atoms with van der Waals surface area (Å²) in [6.07, 6.45) is 36.5. The molecule has 0 aromatic rings. The third-order valence-electron chi connectivity index (χ3n) is 10.2. The van der Waals surface area contributed by atoms with Crippen molar-refractivity contribution in [1.82, 2.24) is 0 Å². The second-order valence-electron chi connectivity index (χ2n) is 13.4. The fourth-order valence-electron chi connectivity index (χ4n) is 7.68. The normalized spacial score (nSPS) is 12.5. The van der Waals surface area contributed by atoms with Gasteiger partial charge in [-0.1, -0.05) is 0 Å². The van der Waals surface area contributed by atoms with Gasteiger partial charge >= 0.3 is 250 Å². The van der Waals surface area contributed by atoms with Crippen molar-refractivity contribution in [2.24, 2.45) is 0 Å². The topological polar surface area (TPSA) is 0 Å². The minimum atomic E-state index is -1.92. The van der Waals surface area contributed by atoms with Crippen LogP contribution < -0.4 is 0 Å². The van der Waals surface area contributed by atoms with E-state index in [2.05, 4.69) is 41.5 Å². The zero-order chi connectivity index (χ0) is 28.2. The first-order valence-electron chi connectivity index (χ1n) is 18.6. The van der Waals surface area contributed by atoms with Gasteiger partial charge in [0.05, 0.1) is 0 Å². The van der Waals surface area contributed by atoms with Gasteiger partial charge in [-0.15, -0.1) is 0 Å². The Hall–Kier alpha value is 1.09. The van der Waals surface area contributed by atoms with E-state index >= 15 is 0 Å². The minimum absolute atomic E-state index is 1.41. The van der Waals surface area contributed by atoms with Gasteiger partial charge in [0.25, 0.3) is 0 Å². The van der Waals surface area contributed by atoms with Crippen LogP contribution in [0.15, 0.2) is 0 Å². The van der Waals surface area contributed by atoms with E-state index in [1.165, 1.54) is 77.0 Å². The molecule has 230 valence electrons. The molecule has 0 nitrogen and oxygen atoms in total. The second kappa shape index (κ2) is 28.2. The van der Waals surface area contributed by atoms with Crippen LogP contribution in [0.5, 0.6) is 0 Å². The molecule has 0 aliphatic rings. The van der Waals surface area contributed by atoms with Gasteiger partial charge < -0.3 is 0 Å². The average Bonchev–Trinajstić information content (AvgIpc) is 2.93. The third kappa shape index (κ3) is 17.8. The van der Waals surface area contributed by atoms with Crippen LogP contribution in [0, 0.1) is 0 Å². The molecule has 0 aliphatic heterocycles. The fraction of sp³-hybridized carbons (Fsp3) is 1.00. The summed E-state index contributed by atoms with van der Waals surface area (Å²) in [5, 5.41) is 10.9. The molecule has 0 bridgehead atoms. The zero-order valence-electron chi connectivity index (χ0n) is 28.2. The van der Waals surface area contributed by atoms with Gasteiger partial charge in [-0.3, -0.25) is 0 Å². The van der Waals surface area contributed by atoms with Gasteiger partial charge in [-0.25, -0.2) is 0 Å². The molecule has 0 spiro atoms. The molecule has 0 aliphatic carbocycles. The molecule has 0 unspecified atom stereocenters. The second-order valence-corrected chi connectivity index (χ2v) is 53.6. The van der Waals surface area contributed by atoms with Crippen LogP contribution in [0.25, 0.3) is 0 Å². The SMILES string of the molecule is CCCCC[CH2][Ge]([CH2]CCCCC)([CH2]CCCCC)[Ge]([CH2]CCCCC)([CH2]CCCCC)[CH2]CCCCC. The summed E-state index contributed by atoms with van der Waals surface area (Å²) in [4.78, 5) is 0. The van der Waals surface area contributed by atoms with Gasteiger partial charge in [0.15, 0.2) is 0 Å². The number of rotatable bonds is 31. The quantitative estimate of drug-likeness (QED) is 0.0515. The third-order valence-corrected chi connectivity index (χ3v) is 72.3. The summed E-state index contributed by atoms with van der Waals surface area (Å²) in [5.74, 6) is 0. The zero-order valence-corrected chi connectivity index (χ0v) is 32.4. The van der Waals surface area contributed by atoms with Crippen LogP contribution in [0.4, 0.5) is 0 Å². The molecular weight excluding hydrogens is 578 g/mol. The molecule has 0 amide bonds. The molecular formula is C36H78Ge2. The monoisotopic (exact) mass is 658 g/mol. The van der Waals surface area contributed by atoms with Gasteiger partial charge in [-0.2, -0.15) is 0 Å². The van der Waals surface area contributed by atoms with Gasteiger partial charge in [0, 0.05) is 0 Å². The van der Waals surface area contributed by atoms with E-state index in [4.69, 9.17) is 0 Å². The van der Waals surface area contributed by atoms with Crippen molar-refractivity contribution in [3.63, 3.8) is 0 Å². The summed E-state index contributed by atoms with van der Waals surface area (Å²) >= 11 is -3.84. The van der Waals surface area contributed by atoms with Crippen LogP contribution in [0.2, 0.25) is 31.5 Å². The molecule has 0 aromatic carbocycles. The maximum absolute atomic E-state index is 2.42. The standard InChI is InChI=1S/C36H78Ge2/c1-7-13-19-25-31-37(32-26-20-14-8-2,33-27-21-15-9-3)38(34-28-22-16-10-4,35-29-23-17-11-5)36-30-24-18-12-6/h7-36H2,1-6H3. The van der Waals surface area contributed by atoms with Crippen molar-refractivity contribution in [2.75, 3.05) is 0 Å². The molecule has 2 heteroatoms. The van der Waals surface area contributed by atoms with Crippen molar-refractivity contribution in [3.8, 4) is 0 Å². The summed E-state index contributed by atoms with van der Waals surface area (Å²) in [6, 6.07) is 0. The Morgan fingerprint density at radius 1 is 0.211 bits per heavy atom. The van der Waals surface area contributed by atoms with Crippen LogP contribution >= 0.6 is 0 Å². The van der Waals surface area contributed by atoms with E-state index in [1.807, 2.05) is 31.5 Å². The molecule has 0 saturated carbocycles. The van der Waals surface area contributed by atoms with E-state index < -0.39 is 22.6 Å². The van der Waals surface area contributed by atoms with Crippen molar-refractivity contribution in [2.45, 2.75) is 227 Å². The summed E-state index contributed by atoms with van der Waals surface area (Å²) in [7, 11) is 0. The Kier molecular flexibility index (Phi) is 29.0. The average molecular weight is 656 g/mol. The summed E-state index contributed by atoms with van der Waals surface area (Å²) in [6.45, 7) is 14.5. The molecule has 0 N–H and O–H groups in total. The maximum atomic E-state index is 2.42. The first-order chi connectivity index (χ1) is 18.6. The number of hydrogen-bond donors (Lipinski definition) is 0. The number of unbranched alkanes of at least 4 members (excludes halogenated alkanes) is 18. The Bertz CT molecular complexity index is 356. The Morgan fingerprint density at radius 3 is 0.500 bits per heavy atom. The molecule has 0 heterocycles. The van der Waals surface area contributed by atoms with E-state index in [-0.39, 0.29) is 0 Å². The van der Waals surface area contributed by atoms with E-state index in [1.54, 1.807) is 77.0 Å². The molecule has 0 saturated heterocycles.